The SMILES string of the molecule is CC(C)C(C)(c1ccc(OCc2ccccn2)cc1)c1ccc(-c2cnnc(Cl)c2)cn1. The summed E-state index contributed by atoms with van der Waals surface area (Å²) in [6.45, 7) is 7.11. The number of hydrogen-bond donors (Lipinski definition) is 0. The van der Waals surface area contributed by atoms with Crippen LogP contribution in [0.3, 0.4) is 0 Å². The van der Waals surface area contributed by atoms with Crippen LogP contribution in [0.2, 0.25) is 5.15 Å². The van der Waals surface area contributed by atoms with Crippen molar-refractivity contribution in [2.24, 2.45) is 5.92 Å². The van der Waals surface area contributed by atoms with Crippen LogP contribution in [0.5, 0.6) is 5.75 Å². The van der Waals surface area contributed by atoms with Crippen molar-refractivity contribution in [2.45, 2.75) is 32.8 Å². The molecule has 0 saturated carbocycles. The first-order valence-electron chi connectivity index (χ1n) is 10.5. The minimum atomic E-state index is -0.258. The number of hydrogen-bond acceptors (Lipinski definition) is 5. The fourth-order valence-corrected chi connectivity index (χ4v) is 3.85. The second kappa shape index (κ2) is 9.45. The first-order valence-corrected chi connectivity index (χ1v) is 10.9. The third kappa shape index (κ3) is 4.63. The molecule has 0 saturated heterocycles. The third-order valence-electron chi connectivity index (χ3n) is 5.98. The molecule has 0 aliphatic carbocycles. The molecule has 0 radical (unpaired) electrons. The number of ether oxygens (including phenoxy) is 1. The van der Waals surface area contributed by atoms with Gasteiger partial charge in [-0.25, -0.2) is 0 Å². The summed E-state index contributed by atoms with van der Waals surface area (Å²) in [7, 11) is 0. The maximum absolute atomic E-state index is 5.98. The van der Waals surface area contributed by atoms with Gasteiger partial charge in [0.15, 0.2) is 5.15 Å². The van der Waals surface area contributed by atoms with E-state index in [-0.39, 0.29) is 5.41 Å². The molecule has 32 heavy (non-hydrogen) atoms. The monoisotopic (exact) mass is 444 g/mol. The fourth-order valence-electron chi connectivity index (χ4n) is 3.69. The zero-order chi connectivity index (χ0) is 22.6. The Bertz CT molecular complexity index is 1160. The van der Waals surface area contributed by atoms with Gasteiger partial charge >= 0.3 is 0 Å². The van der Waals surface area contributed by atoms with E-state index >= 15 is 0 Å². The van der Waals surface area contributed by atoms with Crippen LogP contribution in [-0.4, -0.2) is 20.2 Å². The van der Waals surface area contributed by atoms with Crippen molar-refractivity contribution in [3.8, 4) is 16.9 Å². The van der Waals surface area contributed by atoms with Crippen LogP contribution in [0.15, 0.2) is 79.3 Å². The summed E-state index contributed by atoms with van der Waals surface area (Å²) in [4.78, 5) is 9.12. The molecule has 0 aliphatic heterocycles. The Balaban J connectivity index is 1.56. The van der Waals surface area contributed by atoms with Crippen LogP contribution in [0.25, 0.3) is 11.1 Å². The lowest BCUT2D eigenvalue weighted by Crippen LogP contribution is -2.31. The summed E-state index contributed by atoms with van der Waals surface area (Å²) in [5.41, 5.74) is 4.68. The van der Waals surface area contributed by atoms with Gasteiger partial charge in [-0.1, -0.05) is 49.7 Å². The highest BCUT2D eigenvalue weighted by molar-refractivity contribution is 6.29. The molecule has 3 aromatic heterocycles. The van der Waals surface area contributed by atoms with Crippen molar-refractivity contribution in [3.05, 3.63) is 101 Å². The van der Waals surface area contributed by atoms with Crippen LogP contribution in [-0.2, 0) is 12.0 Å². The van der Waals surface area contributed by atoms with Gasteiger partial charge in [0.2, 0.25) is 0 Å². The van der Waals surface area contributed by atoms with Gasteiger partial charge < -0.3 is 4.74 Å². The first kappa shape index (κ1) is 21.9. The van der Waals surface area contributed by atoms with Crippen molar-refractivity contribution < 1.29 is 4.74 Å². The Hall–Kier alpha value is -3.31. The Morgan fingerprint density at radius 3 is 2.38 bits per heavy atom. The molecule has 0 N–H and O–H groups in total. The molecule has 0 aliphatic rings. The van der Waals surface area contributed by atoms with Crippen LogP contribution in [0.1, 0.15) is 37.7 Å². The predicted octanol–water partition coefficient (Wildman–Crippen LogP) is 6.13. The summed E-state index contributed by atoms with van der Waals surface area (Å²) < 4.78 is 5.90. The lowest BCUT2D eigenvalue weighted by molar-refractivity contribution is 0.301. The molecular formula is C26H25ClN4O. The molecule has 5 nitrogen and oxygen atoms in total. The van der Waals surface area contributed by atoms with Crippen LogP contribution in [0, 0.1) is 5.92 Å². The van der Waals surface area contributed by atoms with Gasteiger partial charge in [0, 0.05) is 28.9 Å². The Morgan fingerprint density at radius 2 is 1.75 bits per heavy atom. The zero-order valence-electron chi connectivity index (χ0n) is 18.4. The van der Waals surface area contributed by atoms with E-state index in [1.807, 2.05) is 36.5 Å². The van der Waals surface area contributed by atoms with E-state index in [1.54, 1.807) is 18.5 Å². The van der Waals surface area contributed by atoms with E-state index in [0.29, 0.717) is 17.7 Å². The Kier molecular flexibility index (Phi) is 6.47. The maximum Gasteiger partial charge on any atom is 0.152 e. The van der Waals surface area contributed by atoms with Crippen molar-refractivity contribution in [2.75, 3.05) is 0 Å². The van der Waals surface area contributed by atoms with Gasteiger partial charge in [-0.15, -0.1) is 5.10 Å². The molecule has 1 unspecified atom stereocenters. The molecule has 1 atom stereocenters. The molecule has 4 aromatic rings. The highest BCUT2D eigenvalue weighted by Crippen LogP contribution is 2.39. The van der Waals surface area contributed by atoms with E-state index in [9.17, 15) is 0 Å². The maximum atomic E-state index is 5.98. The van der Waals surface area contributed by atoms with Crippen LogP contribution in [0.4, 0.5) is 0 Å². The quantitative estimate of drug-likeness (QED) is 0.343. The molecule has 3 heterocycles. The lowest BCUT2D eigenvalue weighted by atomic mass is 9.70. The number of pyridine rings is 2. The van der Waals surface area contributed by atoms with Gasteiger partial charge in [-0.3, -0.25) is 9.97 Å². The van der Waals surface area contributed by atoms with Crippen molar-refractivity contribution in [3.63, 3.8) is 0 Å². The van der Waals surface area contributed by atoms with Gasteiger partial charge in [-0.05, 0) is 54.8 Å². The number of benzene rings is 1. The Morgan fingerprint density at radius 1 is 0.938 bits per heavy atom. The average Bonchev–Trinajstić information content (AvgIpc) is 2.83. The summed E-state index contributed by atoms with van der Waals surface area (Å²) >= 11 is 5.98. The topological polar surface area (TPSA) is 60.8 Å². The standard InChI is InChI=1S/C26H25ClN4O/c1-18(2)26(3,24-12-7-19(15-29-24)20-14-25(27)31-30-16-20)21-8-10-23(11-9-21)32-17-22-6-4-5-13-28-22/h4-16,18H,17H2,1-3H3. The largest absolute Gasteiger partial charge is 0.487 e. The van der Waals surface area contributed by atoms with Gasteiger partial charge in [0.1, 0.15) is 12.4 Å². The highest BCUT2D eigenvalue weighted by Gasteiger charge is 2.34. The van der Waals surface area contributed by atoms with Gasteiger partial charge in [0.05, 0.1) is 17.6 Å². The minimum Gasteiger partial charge on any atom is -0.487 e. The van der Waals surface area contributed by atoms with Gasteiger partial charge in [-0.2, -0.15) is 5.10 Å². The smallest absolute Gasteiger partial charge is 0.152 e. The third-order valence-corrected chi connectivity index (χ3v) is 6.16. The minimum absolute atomic E-state index is 0.258. The number of halogens is 1. The molecule has 162 valence electrons. The van der Waals surface area contributed by atoms with Crippen LogP contribution < -0.4 is 4.74 Å². The predicted molar refractivity (Wildman–Crippen MR) is 127 cm³/mol. The lowest BCUT2D eigenvalue weighted by Gasteiger charge is -2.34. The molecular weight excluding hydrogens is 420 g/mol. The van der Waals surface area contributed by atoms with E-state index < -0.39 is 0 Å². The van der Waals surface area contributed by atoms with E-state index in [4.69, 9.17) is 21.3 Å². The molecule has 0 spiro atoms. The van der Waals surface area contributed by atoms with Crippen molar-refractivity contribution in [1.29, 1.82) is 0 Å². The summed E-state index contributed by atoms with van der Waals surface area (Å²) in [6.07, 6.45) is 5.33. The summed E-state index contributed by atoms with van der Waals surface area (Å²) in [6, 6.07) is 20.0. The van der Waals surface area contributed by atoms with E-state index in [0.717, 1.165) is 28.3 Å². The molecule has 0 amide bonds. The summed E-state index contributed by atoms with van der Waals surface area (Å²) in [5.74, 6) is 1.15. The summed E-state index contributed by atoms with van der Waals surface area (Å²) in [5, 5.41) is 8.09. The molecule has 0 bridgehead atoms. The van der Waals surface area contributed by atoms with E-state index in [1.165, 1.54) is 5.56 Å². The number of nitrogens with zero attached hydrogens (tertiary/aromatic N) is 4. The molecule has 0 fully saturated rings. The second-order valence-corrected chi connectivity index (χ2v) is 8.58. The fraction of sp³-hybridized carbons (Fsp3) is 0.231. The number of rotatable bonds is 7. The highest BCUT2D eigenvalue weighted by atomic mass is 35.5. The first-order chi connectivity index (χ1) is 15.5. The van der Waals surface area contributed by atoms with Crippen molar-refractivity contribution >= 4 is 11.6 Å². The van der Waals surface area contributed by atoms with Crippen molar-refractivity contribution in [1.82, 2.24) is 20.2 Å². The number of aromatic nitrogens is 4. The molecule has 4 rings (SSSR count). The van der Waals surface area contributed by atoms with Gasteiger partial charge in [0.25, 0.3) is 0 Å². The molecule has 6 heteroatoms. The average molecular weight is 445 g/mol. The van der Waals surface area contributed by atoms with E-state index in [2.05, 4.69) is 60.2 Å². The normalized spacial score (nSPS) is 13.0. The van der Waals surface area contributed by atoms with Crippen LogP contribution >= 0.6 is 11.6 Å². The Labute approximate surface area is 193 Å². The second-order valence-electron chi connectivity index (χ2n) is 8.19. The zero-order valence-corrected chi connectivity index (χ0v) is 19.1. The molecule has 1 aromatic carbocycles.